The van der Waals surface area contributed by atoms with Crippen LogP contribution >= 0.6 is 22.9 Å². The van der Waals surface area contributed by atoms with Gasteiger partial charge in [-0.2, -0.15) is 5.10 Å². The van der Waals surface area contributed by atoms with Crippen LogP contribution in [0, 0.1) is 0 Å². The standard InChI is InChI=1S/C21H18ClN5O2S/c1-2-29-15-8-9-17(23-10-15)18-13-30-21(25-18)26-20(28)16-11-24-27(19(16)22)12-14-6-4-3-5-7-14/h3-11,13H,2,12H2,1H3,(H,25,26,28). The lowest BCUT2D eigenvalue weighted by Gasteiger charge is -2.04. The van der Waals surface area contributed by atoms with Crippen molar-refractivity contribution < 1.29 is 9.53 Å². The van der Waals surface area contributed by atoms with E-state index in [0.29, 0.717) is 41.0 Å². The Balaban J connectivity index is 1.44. The molecule has 0 aliphatic heterocycles. The number of amides is 1. The van der Waals surface area contributed by atoms with Crippen LogP contribution in [0.4, 0.5) is 5.13 Å². The van der Waals surface area contributed by atoms with Gasteiger partial charge in [0, 0.05) is 5.38 Å². The van der Waals surface area contributed by atoms with E-state index in [-0.39, 0.29) is 11.1 Å². The maximum absolute atomic E-state index is 12.6. The molecule has 0 saturated carbocycles. The lowest BCUT2D eigenvalue weighted by Crippen LogP contribution is -2.12. The molecule has 0 atom stereocenters. The van der Waals surface area contributed by atoms with Crippen LogP contribution in [0.1, 0.15) is 22.8 Å². The summed E-state index contributed by atoms with van der Waals surface area (Å²) in [6.45, 7) is 2.98. The van der Waals surface area contributed by atoms with E-state index < -0.39 is 0 Å². The van der Waals surface area contributed by atoms with Crippen molar-refractivity contribution in [3.8, 4) is 17.1 Å². The summed E-state index contributed by atoms with van der Waals surface area (Å²) in [5.74, 6) is 0.340. The second kappa shape index (κ2) is 9.06. The highest BCUT2D eigenvalue weighted by Gasteiger charge is 2.18. The minimum Gasteiger partial charge on any atom is -0.492 e. The Kier molecular flexibility index (Phi) is 6.06. The molecule has 3 aromatic heterocycles. The summed E-state index contributed by atoms with van der Waals surface area (Å²) in [6.07, 6.45) is 3.11. The Labute approximate surface area is 182 Å². The monoisotopic (exact) mass is 439 g/mol. The van der Waals surface area contributed by atoms with Crippen LogP contribution in [0.3, 0.4) is 0 Å². The number of thiazole rings is 1. The number of anilines is 1. The summed E-state index contributed by atoms with van der Waals surface area (Å²) in [7, 11) is 0. The van der Waals surface area contributed by atoms with Gasteiger partial charge in [-0.1, -0.05) is 41.9 Å². The smallest absolute Gasteiger partial charge is 0.262 e. The van der Waals surface area contributed by atoms with Crippen molar-refractivity contribution in [1.82, 2.24) is 19.7 Å². The molecule has 9 heteroatoms. The van der Waals surface area contributed by atoms with E-state index in [4.69, 9.17) is 16.3 Å². The predicted octanol–water partition coefficient (Wildman–Crippen LogP) is 4.75. The molecule has 1 aromatic carbocycles. The van der Waals surface area contributed by atoms with Crippen LogP contribution in [0.2, 0.25) is 5.15 Å². The van der Waals surface area contributed by atoms with Crippen molar-refractivity contribution in [2.45, 2.75) is 13.5 Å². The maximum Gasteiger partial charge on any atom is 0.262 e. The number of nitrogens with one attached hydrogen (secondary N) is 1. The molecule has 0 saturated heterocycles. The Morgan fingerprint density at radius 1 is 1.17 bits per heavy atom. The molecule has 3 heterocycles. The van der Waals surface area contributed by atoms with E-state index in [0.717, 1.165) is 5.56 Å². The number of hydrogen-bond donors (Lipinski definition) is 1. The van der Waals surface area contributed by atoms with Gasteiger partial charge in [0.1, 0.15) is 16.6 Å². The van der Waals surface area contributed by atoms with Gasteiger partial charge in [0.2, 0.25) is 0 Å². The molecule has 0 aliphatic carbocycles. The summed E-state index contributed by atoms with van der Waals surface area (Å²) in [6, 6.07) is 13.4. The summed E-state index contributed by atoms with van der Waals surface area (Å²) >= 11 is 7.69. The number of aromatic nitrogens is 4. The van der Waals surface area contributed by atoms with Crippen molar-refractivity contribution in [1.29, 1.82) is 0 Å². The summed E-state index contributed by atoms with van der Waals surface area (Å²) in [4.78, 5) is 21.4. The number of carbonyl (C=O) groups excluding carboxylic acids is 1. The van der Waals surface area contributed by atoms with Crippen molar-refractivity contribution in [2.24, 2.45) is 0 Å². The number of benzene rings is 1. The fraction of sp³-hybridized carbons (Fsp3) is 0.143. The Morgan fingerprint density at radius 2 is 2.00 bits per heavy atom. The molecule has 1 amide bonds. The number of hydrogen-bond acceptors (Lipinski definition) is 6. The third kappa shape index (κ3) is 4.50. The van der Waals surface area contributed by atoms with Gasteiger partial charge >= 0.3 is 0 Å². The third-order valence-corrected chi connectivity index (χ3v) is 5.39. The van der Waals surface area contributed by atoms with Crippen molar-refractivity contribution in [3.63, 3.8) is 0 Å². The van der Waals surface area contributed by atoms with E-state index in [1.54, 1.807) is 10.9 Å². The molecule has 0 bridgehead atoms. The number of rotatable bonds is 7. The molecule has 4 rings (SSSR count). The zero-order valence-corrected chi connectivity index (χ0v) is 17.7. The Morgan fingerprint density at radius 3 is 2.73 bits per heavy atom. The first-order chi connectivity index (χ1) is 14.6. The highest BCUT2D eigenvalue weighted by molar-refractivity contribution is 7.14. The summed E-state index contributed by atoms with van der Waals surface area (Å²) in [5, 5.41) is 9.58. The highest BCUT2D eigenvalue weighted by Crippen LogP contribution is 2.26. The zero-order chi connectivity index (χ0) is 20.9. The summed E-state index contributed by atoms with van der Waals surface area (Å²) < 4.78 is 6.98. The van der Waals surface area contributed by atoms with Gasteiger partial charge in [0.05, 0.1) is 36.8 Å². The lowest BCUT2D eigenvalue weighted by molar-refractivity contribution is 0.102. The van der Waals surface area contributed by atoms with Gasteiger partial charge in [-0.05, 0) is 24.6 Å². The van der Waals surface area contributed by atoms with Crippen LogP contribution in [0.25, 0.3) is 11.4 Å². The average molecular weight is 440 g/mol. The molecular formula is C21H18ClN5O2S. The quantitative estimate of drug-likeness (QED) is 0.449. The molecule has 152 valence electrons. The molecule has 0 spiro atoms. The van der Waals surface area contributed by atoms with Crippen molar-refractivity contribution in [3.05, 3.63) is 76.5 Å². The molecule has 4 aromatic rings. The van der Waals surface area contributed by atoms with E-state index in [9.17, 15) is 4.79 Å². The first-order valence-corrected chi connectivity index (χ1v) is 10.5. The van der Waals surface area contributed by atoms with Gasteiger partial charge in [-0.15, -0.1) is 11.3 Å². The van der Waals surface area contributed by atoms with Crippen LogP contribution < -0.4 is 10.1 Å². The predicted molar refractivity (Wildman–Crippen MR) is 117 cm³/mol. The molecule has 1 N–H and O–H groups in total. The average Bonchev–Trinajstić information content (AvgIpc) is 3.37. The molecule has 0 radical (unpaired) electrons. The Hall–Kier alpha value is -3.23. The molecule has 30 heavy (non-hydrogen) atoms. The number of nitrogens with zero attached hydrogens (tertiary/aromatic N) is 4. The maximum atomic E-state index is 12.6. The Bertz CT molecular complexity index is 1140. The van der Waals surface area contributed by atoms with Gasteiger partial charge in [0.25, 0.3) is 5.91 Å². The van der Waals surface area contributed by atoms with E-state index in [1.165, 1.54) is 17.5 Å². The van der Waals surface area contributed by atoms with Crippen LogP contribution in [0.15, 0.2) is 60.2 Å². The fourth-order valence-electron chi connectivity index (χ4n) is 2.79. The van der Waals surface area contributed by atoms with Gasteiger partial charge in [-0.3, -0.25) is 15.1 Å². The normalized spacial score (nSPS) is 10.7. The molecule has 0 unspecified atom stereocenters. The fourth-order valence-corrected chi connectivity index (χ4v) is 3.72. The number of carbonyl (C=O) groups is 1. The number of ether oxygens (including phenoxy) is 1. The zero-order valence-electron chi connectivity index (χ0n) is 16.1. The van der Waals surface area contributed by atoms with Crippen molar-refractivity contribution in [2.75, 3.05) is 11.9 Å². The van der Waals surface area contributed by atoms with E-state index >= 15 is 0 Å². The van der Waals surface area contributed by atoms with Gasteiger partial charge in [-0.25, -0.2) is 9.67 Å². The minimum atomic E-state index is -0.361. The second-order valence-corrected chi connectivity index (χ2v) is 7.51. The van der Waals surface area contributed by atoms with Crippen LogP contribution in [-0.2, 0) is 6.54 Å². The van der Waals surface area contributed by atoms with Gasteiger partial charge in [0.15, 0.2) is 5.13 Å². The first-order valence-electron chi connectivity index (χ1n) is 9.25. The molecule has 0 aliphatic rings. The largest absolute Gasteiger partial charge is 0.492 e. The lowest BCUT2D eigenvalue weighted by atomic mass is 10.2. The SMILES string of the molecule is CCOc1ccc(-c2csc(NC(=O)c3cnn(Cc4ccccc4)c3Cl)n2)nc1. The summed E-state index contributed by atoms with van der Waals surface area (Å²) in [5.41, 5.74) is 2.71. The van der Waals surface area contributed by atoms with Crippen molar-refractivity contribution >= 4 is 34.0 Å². The number of pyridine rings is 1. The molecule has 7 nitrogen and oxygen atoms in total. The molecular weight excluding hydrogens is 422 g/mol. The number of halogens is 1. The van der Waals surface area contributed by atoms with Crippen LogP contribution in [0.5, 0.6) is 5.75 Å². The van der Waals surface area contributed by atoms with Crippen LogP contribution in [-0.4, -0.2) is 32.3 Å². The molecule has 0 fully saturated rings. The first kappa shape index (κ1) is 20.1. The van der Waals surface area contributed by atoms with E-state index in [1.807, 2.05) is 54.8 Å². The third-order valence-electron chi connectivity index (χ3n) is 4.23. The minimum absolute atomic E-state index is 0.279. The van der Waals surface area contributed by atoms with Gasteiger partial charge < -0.3 is 4.74 Å². The van der Waals surface area contributed by atoms with E-state index in [2.05, 4.69) is 20.4 Å². The second-order valence-electron chi connectivity index (χ2n) is 6.30. The topological polar surface area (TPSA) is 81.9 Å². The highest BCUT2D eigenvalue weighted by atomic mass is 35.5.